The van der Waals surface area contributed by atoms with E-state index in [1.165, 1.54) is 6.07 Å². The van der Waals surface area contributed by atoms with E-state index in [-0.39, 0.29) is 17.5 Å². The van der Waals surface area contributed by atoms with Crippen molar-refractivity contribution in [3.63, 3.8) is 0 Å². The number of rotatable bonds is 6. The third kappa shape index (κ3) is 4.06. The molecule has 1 unspecified atom stereocenters. The highest BCUT2D eigenvalue weighted by Gasteiger charge is 2.14. The molecule has 1 atom stereocenters. The van der Waals surface area contributed by atoms with Crippen LogP contribution in [0.1, 0.15) is 24.9 Å². The SMILES string of the molecule is CC(c1cccc(S(N)(=O)=O)c1)N(C)CCCO. The van der Waals surface area contributed by atoms with E-state index < -0.39 is 10.0 Å². The van der Waals surface area contributed by atoms with Crippen LogP contribution in [0.15, 0.2) is 29.2 Å². The normalized spacial score (nSPS) is 13.8. The summed E-state index contributed by atoms with van der Waals surface area (Å²) >= 11 is 0. The van der Waals surface area contributed by atoms with Gasteiger partial charge in [-0.25, -0.2) is 13.6 Å². The third-order valence-corrected chi connectivity index (χ3v) is 3.91. The van der Waals surface area contributed by atoms with Crippen molar-refractivity contribution in [2.75, 3.05) is 20.2 Å². The zero-order valence-electron chi connectivity index (χ0n) is 10.7. The Labute approximate surface area is 108 Å². The molecule has 18 heavy (non-hydrogen) atoms. The van der Waals surface area contributed by atoms with E-state index in [2.05, 4.69) is 4.90 Å². The van der Waals surface area contributed by atoms with Crippen molar-refractivity contribution in [3.05, 3.63) is 29.8 Å². The summed E-state index contributed by atoms with van der Waals surface area (Å²) in [4.78, 5) is 2.18. The molecule has 1 rings (SSSR count). The molecule has 0 aliphatic heterocycles. The van der Waals surface area contributed by atoms with Crippen molar-refractivity contribution in [1.29, 1.82) is 0 Å². The Balaban J connectivity index is 2.90. The van der Waals surface area contributed by atoms with Gasteiger partial charge >= 0.3 is 0 Å². The van der Waals surface area contributed by atoms with Crippen LogP contribution in [0, 0.1) is 0 Å². The number of aliphatic hydroxyl groups is 1. The largest absolute Gasteiger partial charge is 0.396 e. The molecule has 0 radical (unpaired) electrons. The standard InChI is InChI=1S/C12H20N2O3S/c1-10(14(2)7-4-8-15)11-5-3-6-12(9-11)18(13,16)17/h3,5-6,9-10,15H,4,7-8H2,1-2H3,(H2,13,16,17). The minimum absolute atomic E-state index is 0.0678. The van der Waals surface area contributed by atoms with Gasteiger partial charge in [-0.05, 0) is 38.1 Å². The first kappa shape index (κ1) is 15.1. The molecule has 0 spiro atoms. The first-order valence-electron chi connectivity index (χ1n) is 5.80. The highest BCUT2D eigenvalue weighted by molar-refractivity contribution is 7.89. The molecule has 0 aliphatic rings. The van der Waals surface area contributed by atoms with Gasteiger partial charge in [-0.3, -0.25) is 4.90 Å². The van der Waals surface area contributed by atoms with E-state index in [0.29, 0.717) is 6.42 Å². The first-order chi connectivity index (χ1) is 8.36. The summed E-state index contributed by atoms with van der Waals surface area (Å²) in [5.41, 5.74) is 0.891. The summed E-state index contributed by atoms with van der Waals surface area (Å²) in [6.07, 6.45) is 0.690. The summed E-state index contributed by atoms with van der Waals surface area (Å²) in [5.74, 6) is 0. The van der Waals surface area contributed by atoms with Crippen molar-refractivity contribution < 1.29 is 13.5 Å². The Kier molecular flexibility index (Phi) is 5.28. The van der Waals surface area contributed by atoms with E-state index in [9.17, 15) is 8.42 Å². The summed E-state index contributed by atoms with van der Waals surface area (Å²) in [6.45, 7) is 2.88. The maximum atomic E-state index is 11.3. The van der Waals surface area contributed by atoms with E-state index in [0.717, 1.165) is 12.1 Å². The maximum absolute atomic E-state index is 11.3. The van der Waals surface area contributed by atoms with Crippen LogP contribution >= 0.6 is 0 Å². The minimum atomic E-state index is -3.66. The molecule has 5 nitrogen and oxygen atoms in total. The number of aliphatic hydroxyl groups excluding tert-OH is 1. The highest BCUT2D eigenvalue weighted by Crippen LogP contribution is 2.21. The van der Waals surface area contributed by atoms with Gasteiger partial charge in [0.15, 0.2) is 0 Å². The highest BCUT2D eigenvalue weighted by atomic mass is 32.2. The van der Waals surface area contributed by atoms with Gasteiger partial charge in [0.1, 0.15) is 0 Å². The second kappa shape index (κ2) is 6.29. The zero-order chi connectivity index (χ0) is 13.8. The van der Waals surface area contributed by atoms with Crippen LogP contribution in [0.25, 0.3) is 0 Å². The predicted molar refractivity (Wildman–Crippen MR) is 70.6 cm³/mol. The van der Waals surface area contributed by atoms with Crippen molar-refractivity contribution >= 4 is 10.0 Å². The fourth-order valence-electron chi connectivity index (χ4n) is 1.72. The lowest BCUT2D eigenvalue weighted by molar-refractivity contribution is 0.216. The molecule has 3 N–H and O–H groups in total. The van der Waals surface area contributed by atoms with Gasteiger partial charge in [-0.15, -0.1) is 0 Å². The molecule has 0 bridgehead atoms. The van der Waals surface area contributed by atoms with Crippen molar-refractivity contribution in [1.82, 2.24) is 4.90 Å². The van der Waals surface area contributed by atoms with Gasteiger partial charge < -0.3 is 5.11 Å². The lowest BCUT2D eigenvalue weighted by Gasteiger charge is -2.25. The van der Waals surface area contributed by atoms with Crippen molar-refractivity contribution in [2.45, 2.75) is 24.3 Å². The summed E-state index contributed by atoms with van der Waals surface area (Å²) in [6, 6.07) is 6.70. The topological polar surface area (TPSA) is 83.6 Å². The lowest BCUT2D eigenvalue weighted by atomic mass is 10.1. The number of sulfonamides is 1. The average molecular weight is 272 g/mol. The van der Waals surface area contributed by atoms with Gasteiger partial charge in [0, 0.05) is 19.2 Å². The summed E-state index contributed by atoms with van der Waals surface area (Å²) < 4.78 is 22.6. The van der Waals surface area contributed by atoms with E-state index in [4.69, 9.17) is 10.2 Å². The molecule has 1 aromatic rings. The van der Waals surface area contributed by atoms with Gasteiger partial charge in [-0.2, -0.15) is 0 Å². The van der Waals surface area contributed by atoms with Crippen LogP contribution in [0.5, 0.6) is 0 Å². The number of benzene rings is 1. The molecular weight excluding hydrogens is 252 g/mol. The fourth-order valence-corrected chi connectivity index (χ4v) is 2.29. The van der Waals surface area contributed by atoms with Crippen molar-refractivity contribution in [2.24, 2.45) is 5.14 Å². The molecule has 0 saturated carbocycles. The third-order valence-electron chi connectivity index (χ3n) is 3.00. The average Bonchev–Trinajstić information content (AvgIpc) is 2.34. The van der Waals surface area contributed by atoms with Gasteiger partial charge in [0.25, 0.3) is 0 Å². The van der Waals surface area contributed by atoms with Crippen molar-refractivity contribution in [3.8, 4) is 0 Å². The lowest BCUT2D eigenvalue weighted by Crippen LogP contribution is -2.24. The van der Waals surface area contributed by atoms with Crippen LogP contribution in [-0.4, -0.2) is 38.6 Å². The fraction of sp³-hybridized carbons (Fsp3) is 0.500. The Morgan fingerprint density at radius 3 is 2.67 bits per heavy atom. The molecule has 0 saturated heterocycles. The van der Waals surface area contributed by atoms with E-state index >= 15 is 0 Å². The first-order valence-corrected chi connectivity index (χ1v) is 7.34. The number of nitrogens with zero attached hydrogens (tertiary/aromatic N) is 1. The van der Waals surface area contributed by atoms with Gasteiger partial charge in [0.05, 0.1) is 4.90 Å². The van der Waals surface area contributed by atoms with Crippen LogP contribution in [0.3, 0.4) is 0 Å². The maximum Gasteiger partial charge on any atom is 0.238 e. The molecular formula is C12H20N2O3S. The molecule has 0 amide bonds. The van der Waals surface area contributed by atoms with Gasteiger partial charge in [0.2, 0.25) is 10.0 Å². The molecule has 0 fully saturated rings. The smallest absolute Gasteiger partial charge is 0.238 e. The monoisotopic (exact) mass is 272 g/mol. The number of hydrogen-bond acceptors (Lipinski definition) is 4. The zero-order valence-corrected chi connectivity index (χ0v) is 11.5. The Hall–Kier alpha value is -0.950. The minimum Gasteiger partial charge on any atom is -0.396 e. The van der Waals surface area contributed by atoms with Gasteiger partial charge in [-0.1, -0.05) is 12.1 Å². The van der Waals surface area contributed by atoms with Crippen LogP contribution in [0.4, 0.5) is 0 Å². The van der Waals surface area contributed by atoms with E-state index in [1.54, 1.807) is 12.1 Å². The Bertz CT molecular complexity index is 488. The molecule has 0 aliphatic carbocycles. The van der Waals surface area contributed by atoms with Crippen LogP contribution in [-0.2, 0) is 10.0 Å². The second-order valence-corrected chi connectivity index (χ2v) is 5.91. The number of hydrogen-bond donors (Lipinski definition) is 2. The quantitative estimate of drug-likeness (QED) is 0.799. The molecule has 1 aromatic carbocycles. The Morgan fingerprint density at radius 2 is 2.11 bits per heavy atom. The Morgan fingerprint density at radius 1 is 1.44 bits per heavy atom. The van der Waals surface area contributed by atoms with Crippen LogP contribution in [0.2, 0.25) is 0 Å². The summed E-state index contributed by atoms with van der Waals surface area (Å²) in [7, 11) is -1.73. The molecule has 0 heterocycles. The number of nitrogens with two attached hydrogens (primary N) is 1. The second-order valence-electron chi connectivity index (χ2n) is 4.35. The van der Waals surface area contributed by atoms with Crippen LogP contribution < -0.4 is 5.14 Å². The summed E-state index contributed by atoms with van der Waals surface area (Å²) in [5, 5.41) is 13.9. The molecule has 102 valence electrons. The predicted octanol–water partition coefficient (Wildman–Crippen LogP) is 0.709. The number of primary sulfonamides is 1. The molecule has 6 heteroatoms. The molecule has 0 aromatic heterocycles. The van der Waals surface area contributed by atoms with E-state index in [1.807, 2.05) is 20.0 Å².